The summed E-state index contributed by atoms with van der Waals surface area (Å²) in [6.45, 7) is 2.14. The van der Waals surface area contributed by atoms with Crippen molar-refractivity contribution in [1.29, 1.82) is 0 Å². The molecular formula is C25H29N5O5. The number of nitro groups is 1. The number of nitrogens with zero attached hydrogens (tertiary/aromatic N) is 3. The SMILES string of the molecule is COc1ccc(CCNC(=O)c2cnn(-c3ccc([N+](=O)[O-])cc3)c2C2CCNCC2)c(OC)c1. The Morgan fingerprint density at radius 2 is 1.91 bits per heavy atom. The van der Waals surface area contributed by atoms with Crippen LogP contribution in [0, 0.1) is 10.1 Å². The van der Waals surface area contributed by atoms with Gasteiger partial charge in [0, 0.05) is 30.7 Å². The van der Waals surface area contributed by atoms with E-state index in [9.17, 15) is 14.9 Å². The molecular weight excluding hydrogens is 450 g/mol. The molecule has 1 saturated heterocycles. The smallest absolute Gasteiger partial charge is 0.269 e. The quantitative estimate of drug-likeness (QED) is 0.357. The molecule has 0 unspecified atom stereocenters. The van der Waals surface area contributed by atoms with E-state index in [0.29, 0.717) is 35.7 Å². The summed E-state index contributed by atoms with van der Waals surface area (Å²) >= 11 is 0. The van der Waals surface area contributed by atoms with E-state index >= 15 is 0 Å². The highest BCUT2D eigenvalue weighted by Crippen LogP contribution is 2.31. The number of hydrogen-bond donors (Lipinski definition) is 2. The molecule has 0 radical (unpaired) electrons. The van der Waals surface area contributed by atoms with E-state index in [2.05, 4.69) is 15.7 Å². The summed E-state index contributed by atoms with van der Waals surface area (Å²) in [7, 11) is 3.21. The van der Waals surface area contributed by atoms with Crippen molar-refractivity contribution in [1.82, 2.24) is 20.4 Å². The molecule has 35 heavy (non-hydrogen) atoms. The van der Waals surface area contributed by atoms with Crippen LogP contribution in [0.2, 0.25) is 0 Å². The van der Waals surface area contributed by atoms with E-state index in [4.69, 9.17) is 9.47 Å². The first-order valence-electron chi connectivity index (χ1n) is 11.5. The number of aromatic nitrogens is 2. The van der Waals surface area contributed by atoms with Gasteiger partial charge in [-0.15, -0.1) is 0 Å². The molecule has 1 aliphatic rings. The Labute approximate surface area is 203 Å². The van der Waals surface area contributed by atoms with Crippen LogP contribution in [-0.4, -0.2) is 54.5 Å². The monoisotopic (exact) mass is 479 g/mol. The first-order chi connectivity index (χ1) is 17.0. The van der Waals surface area contributed by atoms with Gasteiger partial charge in [-0.3, -0.25) is 14.9 Å². The van der Waals surface area contributed by atoms with Crippen molar-refractivity contribution >= 4 is 11.6 Å². The van der Waals surface area contributed by atoms with E-state index < -0.39 is 4.92 Å². The van der Waals surface area contributed by atoms with Crippen molar-refractivity contribution in [2.75, 3.05) is 33.9 Å². The number of methoxy groups -OCH3 is 2. The van der Waals surface area contributed by atoms with Crippen LogP contribution in [0.3, 0.4) is 0 Å². The molecule has 2 heterocycles. The van der Waals surface area contributed by atoms with E-state index in [0.717, 1.165) is 37.2 Å². The average Bonchev–Trinajstić information content (AvgIpc) is 3.34. The average molecular weight is 480 g/mol. The predicted octanol–water partition coefficient (Wildman–Crippen LogP) is 3.24. The van der Waals surface area contributed by atoms with E-state index in [-0.39, 0.29) is 17.5 Å². The number of benzene rings is 2. The van der Waals surface area contributed by atoms with Crippen molar-refractivity contribution in [3.05, 3.63) is 75.6 Å². The topological polar surface area (TPSA) is 121 Å². The van der Waals surface area contributed by atoms with Gasteiger partial charge in [-0.25, -0.2) is 4.68 Å². The fourth-order valence-corrected chi connectivity index (χ4v) is 4.41. The number of ether oxygens (including phenoxy) is 2. The van der Waals surface area contributed by atoms with Gasteiger partial charge in [-0.05, 0) is 56.1 Å². The Hall–Kier alpha value is -3.92. The molecule has 4 rings (SSSR count). The number of nitrogens with one attached hydrogen (secondary N) is 2. The van der Waals surface area contributed by atoms with E-state index in [1.807, 2.05) is 18.2 Å². The van der Waals surface area contributed by atoms with Crippen LogP contribution in [0.5, 0.6) is 11.5 Å². The lowest BCUT2D eigenvalue weighted by atomic mass is 9.91. The highest BCUT2D eigenvalue weighted by atomic mass is 16.6. The molecule has 0 aliphatic carbocycles. The normalized spacial score (nSPS) is 13.9. The molecule has 0 spiro atoms. The molecule has 2 N–H and O–H groups in total. The molecule has 10 nitrogen and oxygen atoms in total. The lowest BCUT2D eigenvalue weighted by molar-refractivity contribution is -0.384. The number of piperidine rings is 1. The molecule has 10 heteroatoms. The zero-order valence-corrected chi connectivity index (χ0v) is 19.8. The molecule has 184 valence electrons. The van der Waals surface area contributed by atoms with Gasteiger partial charge < -0.3 is 20.1 Å². The number of nitro benzene ring substituents is 1. The Kier molecular flexibility index (Phi) is 7.61. The maximum absolute atomic E-state index is 13.2. The lowest BCUT2D eigenvalue weighted by Crippen LogP contribution is -2.31. The summed E-state index contributed by atoms with van der Waals surface area (Å²) in [5, 5.41) is 21.9. The van der Waals surface area contributed by atoms with E-state index in [1.165, 1.54) is 12.1 Å². The number of amides is 1. The Morgan fingerprint density at radius 3 is 2.57 bits per heavy atom. The number of non-ortho nitro benzene ring substituents is 1. The maximum Gasteiger partial charge on any atom is 0.269 e. The lowest BCUT2D eigenvalue weighted by Gasteiger charge is -2.24. The first-order valence-corrected chi connectivity index (χ1v) is 11.5. The molecule has 3 aromatic rings. The molecule has 0 saturated carbocycles. The Morgan fingerprint density at radius 1 is 1.17 bits per heavy atom. The summed E-state index contributed by atoms with van der Waals surface area (Å²) in [6.07, 6.45) is 3.93. The zero-order chi connectivity index (χ0) is 24.8. The van der Waals surface area contributed by atoms with Crippen LogP contribution in [-0.2, 0) is 6.42 Å². The van der Waals surface area contributed by atoms with Crippen LogP contribution in [0.25, 0.3) is 5.69 Å². The summed E-state index contributed by atoms with van der Waals surface area (Å²) < 4.78 is 12.4. The van der Waals surface area contributed by atoms with Crippen LogP contribution < -0.4 is 20.1 Å². The second-order valence-electron chi connectivity index (χ2n) is 8.34. The summed E-state index contributed by atoms with van der Waals surface area (Å²) in [5.74, 6) is 1.37. The minimum absolute atomic E-state index is 0.0104. The van der Waals surface area contributed by atoms with Crippen LogP contribution in [0.15, 0.2) is 48.7 Å². The third-order valence-corrected chi connectivity index (χ3v) is 6.26. The number of rotatable bonds is 9. The Bertz CT molecular complexity index is 1190. The van der Waals surface area contributed by atoms with Gasteiger partial charge in [0.05, 0.1) is 42.3 Å². The second-order valence-corrected chi connectivity index (χ2v) is 8.34. The van der Waals surface area contributed by atoms with Crippen molar-refractivity contribution in [3.63, 3.8) is 0 Å². The van der Waals surface area contributed by atoms with Gasteiger partial charge in [0.25, 0.3) is 11.6 Å². The van der Waals surface area contributed by atoms with Gasteiger partial charge in [-0.1, -0.05) is 6.07 Å². The second kappa shape index (κ2) is 11.0. The minimum Gasteiger partial charge on any atom is -0.497 e. The van der Waals surface area contributed by atoms with Crippen molar-refractivity contribution in [3.8, 4) is 17.2 Å². The summed E-state index contributed by atoms with van der Waals surface area (Å²) in [6, 6.07) is 11.8. The standard InChI is InChI=1S/C25H29N5O5/c1-34-21-8-3-17(23(15-21)35-2)11-14-27-25(31)22-16-28-29(24(22)18-9-12-26-13-10-18)19-4-6-20(7-5-19)30(32)33/h3-8,15-16,18,26H,9-14H2,1-2H3,(H,27,31). The number of hydrogen-bond acceptors (Lipinski definition) is 7. The van der Waals surface area contributed by atoms with E-state index in [1.54, 1.807) is 37.2 Å². The maximum atomic E-state index is 13.2. The van der Waals surface area contributed by atoms with Gasteiger partial charge in [-0.2, -0.15) is 5.10 Å². The molecule has 2 aromatic carbocycles. The third kappa shape index (κ3) is 5.43. The van der Waals surface area contributed by atoms with Crippen molar-refractivity contribution < 1.29 is 19.2 Å². The van der Waals surface area contributed by atoms with Gasteiger partial charge in [0.2, 0.25) is 0 Å². The number of carbonyl (C=O) groups is 1. The van der Waals surface area contributed by atoms with Crippen molar-refractivity contribution in [2.24, 2.45) is 0 Å². The largest absolute Gasteiger partial charge is 0.497 e. The molecule has 1 aromatic heterocycles. The number of carbonyl (C=O) groups excluding carboxylic acids is 1. The van der Waals surface area contributed by atoms with Crippen LogP contribution in [0.1, 0.15) is 40.4 Å². The van der Waals surface area contributed by atoms with Gasteiger partial charge in [0.15, 0.2) is 0 Å². The van der Waals surface area contributed by atoms with Crippen molar-refractivity contribution in [2.45, 2.75) is 25.2 Å². The zero-order valence-electron chi connectivity index (χ0n) is 19.8. The highest BCUT2D eigenvalue weighted by molar-refractivity contribution is 5.95. The summed E-state index contributed by atoms with van der Waals surface area (Å²) in [4.78, 5) is 23.8. The molecule has 1 aliphatic heterocycles. The predicted molar refractivity (Wildman–Crippen MR) is 131 cm³/mol. The molecule has 0 atom stereocenters. The third-order valence-electron chi connectivity index (χ3n) is 6.26. The van der Waals surface area contributed by atoms with Crippen LogP contribution in [0.4, 0.5) is 5.69 Å². The van der Waals surface area contributed by atoms with Gasteiger partial charge >= 0.3 is 0 Å². The molecule has 0 bridgehead atoms. The fourth-order valence-electron chi connectivity index (χ4n) is 4.41. The minimum atomic E-state index is -0.433. The van der Waals surface area contributed by atoms with Gasteiger partial charge in [0.1, 0.15) is 11.5 Å². The summed E-state index contributed by atoms with van der Waals surface area (Å²) in [5.41, 5.74) is 3.02. The first kappa shape index (κ1) is 24.2. The Balaban J connectivity index is 1.54. The molecule has 1 fully saturated rings. The van der Waals surface area contributed by atoms with Crippen LogP contribution >= 0.6 is 0 Å². The molecule has 1 amide bonds. The highest BCUT2D eigenvalue weighted by Gasteiger charge is 2.27. The fraction of sp³-hybridized carbons (Fsp3) is 0.360.